The molecule has 2 unspecified atom stereocenters. The van der Waals surface area contributed by atoms with Gasteiger partial charge in [0, 0.05) is 12.3 Å². The van der Waals surface area contributed by atoms with Gasteiger partial charge >= 0.3 is 12.1 Å². The van der Waals surface area contributed by atoms with E-state index >= 15 is 0 Å². The molecule has 1 amide bonds. The third-order valence-corrected chi connectivity index (χ3v) is 3.25. The molecule has 7 heteroatoms. The van der Waals surface area contributed by atoms with Gasteiger partial charge in [-0.2, -0.15) is 13.2 Å². The summed E-state index contributed by atoms with van der Waals surface area (Å²) in [7, 11) is 0. The number of hydrogen-bond acceptors (Lipinski definition) is 3. The zero-order chi connectivity index (χ0) is 14.9. The van der Waals surface area contributed by atoms with Gasteiger partial charge in [-0.1, -0.05) is 24.3 Å². The van der Waals surface area contributed by atoms with Crippen molar-refractivity contribution in [2.24, 2.45) is 11.7 Å². The number of halogens is 3. The van der Waals surface area contributed by atoms with E-state index in [1.54, 1.807) is 24.3 Å². The maximum absolute atomic E-state index is 12.3. The molecule has 0 fully saturated rings. The molecule has 108 valence electrons. The summed E-state index contributed by atoms with van der Waals surface area (Å²) >= 11 is 0. The standard InChI is InChI=1S/C13H12F3NO3/c14-13(15,16)12(19)20-10-6-8(11(17)18)5-7-3-1-2-4-9(7)10/h1-4,8,10H,5-6H2,(H2,17,18). The van der Waals surface area contributed by atoms with Gasteiger partial charge in [0.25, 0.3) is 0 Å². The Kier molecular flexibility index (Phi) is 3.69. The van der Waals surface area contributed by atoms with Crippen molar-refractivity contribution >= 4 is 11.9 Å². The molecule has 20 heavy (non-hydrogen) atoms. The summed E-state index contributed by atoms with van der Waals surface area (Å²) in [5, 5.41) is 0. The molecular formula is C13H12F3NO3. The Morgan fingerprint density at radius 1 is 1.25 bits per heavy atom. The lowest BCUT2D eigenvalue weighted by Crippen LogP contribution is -2.34. The van der Waals surface area contributed by atoms with E-state index in [9.17, 15) is 22.8 Å². The van der Waals surface area contributed by atoms with E-state index in [4.69, 9.17) is 5.73 Å². The van der Waals surface area contributed by atoms with E-state index in [1.165, 1.54) is 0 Å². The van der Waals surface area contributed by atoms with Crippen molar-refractivity contribution in [3.8, 4) is 0 Å². The monoisotopic (exact) mass is 287 g/mol. The zero-order valence-electron chi connectivity index (χ0n) is 10.3. The summed E-state index contributed by atoms with van der Waals surface area (Å²) in [6.07, 6.45) is -5.86. The van der Waals surface area contributed by atoms with Crippen molar-refractivity contribution in [2.75, 3.05) is 0 Å². The van der Waals surface area contributed by atoms with Gasteiger partial charge in [-0.15, -0.1) is 0 Å². The van der Waals surface area contributed by atoms with Crippen LogP contribution in [0.1, 0.15) is 23.7 Å². The molecule has 0 saturated heterocycles. The number of alkyl halides is 3. The first-order valence-electron chi connectivity index (χ1n) is 5.94. The molecule has 1 aliphatic rings. The van der Waals surface area contributed by atoms with Gasteiger partial charge in [0.15, 0.2) is 0 Å². The molecule has 1 aliphatic carbocycles. The minimum Gasteiger partial charge on any atom is -0.451 e. The number of carbonyl (C=O) groups is 2. The van der Waals surface area contributed by atoms with Crippen molar-refractivity contribution in [1.82, 2.24) is 0 Å². The van der Waals surface area contributed by atoms with Crippen LogP contribution in [0.4, 0.5) is 13.2 Å². The Balaban J connectivity index is 2.27. The number of nitrogens with two attached hydrogens (primary N) is 1. The van der Waals surface area contributed by atoms with Crippen LogP contribution in [0.15, 0.2) is 24.3 Å². The van der Waals surface area contributed by atoms with Crippen LogP contribution in [0.3, 0.4) is 0 Å². The van der Waals surface area contributed by atoms with Crippen LogP contribution in [0, 0.1) is 5.92 Å². The quantitative estimate of drug-likeness (QED) is 0.844. The summed E-state index contributed by atoms with van der Waals surface area (Å²) in [6.45, 7) is 0. The lowest BCUT2D eigenvalue weighted by Gasteiger charge is -2.29. The van der Waals surface area contributed by atoms with E-state index in [0.717, 1.165) is 0 Å². The number of fused-ring (bicyclic) bond motifs is 1. The van der Waals surface area contributed by atoms with Crippen LogP contribution < -0.4 is 5.73 Å². The normalized spacial score (nSPS) is 21.9. The number of ether oxygens (including phenoxy) is 1. The van der Waals surface area contributed by atoms with Gasteiger partial charge < -0.3 is 10.5 Å². The SMILES string of the molecule is NC(=O)C1Cc2ccccc2C(OC(=O)C(F)(F)F)C1. The predicted octanol–water partition coefficient (Wildman–Crippen LogP) is 1.88. The fraction of sp³-hybridized carbons (Fsp3) is 0.385. The Hall–Kier alpha value is -2.05. The molecule has 0 aliphatic heterocycles. The van der Waals surface area contributed by atoms with Crippen molar-refractivity contribution in [3.05, 3.63) is 35.4 Å². The maximum atomic E-state index is 12.3. The number of hydrogen-bond donors (Lipinski definition) is 1. The molecule has 0 aromatic heterocycles. The Morgan fingerprint density at radius 3 is 2.50 bits per heavy atom. The molecular weight excluding hydrogens is 275 g/mol. The van der Waals surface area contributed by atoms with Crippen LogP contribution in [-0.2, 0) is 20.7 Å². The second-order valence-corrected chi connectivity index (χ2v) is 4.63. The predicted molar refractivity (Wildman–Crippen MR) is 62.3 cm³/mol. The topological polar surface area (TPSA) is 69.4 Å². The second-order valence-electron chi connectivity index (χ2n) is 4.63. The van der Waals surface area contributed by atoms with E-state index in [-0.39, 0.29) is 6.42 Å². The molecule has 2 rings (SSSR count). The van der Waals surface area contributed by atoms with Crippen molar-refractivity contribution < 1.29 is 27.5 Å². The smallest absolute Gasteiger partial charge is 0.451 e. The van der Waals surface area contributed by atoms with E-state index < -0.39 is 30.1 Å². The van der Waals surface area contributed by atoms with E-state index in [2.05, 4.69) is 4.74 Å². The van der Waals surface area contributed by atoms with Gasteiger partial charge in [0.1, 0.15) is 6.10 Å². The fourth-order valence-corrected chi connectivity index (χ4v) is 2.29. The number of rotatable bonds is 2. The Morgan fingerprint density at radius 2 is 1.90 bits per heavy atom. The maximum Gasteiger partial charge on any atom is 0.490 e. The second kappa shape index (κ2) is 5.15. The zero-order valence-corrected chi connectivity index (χ0v) is 10.3. The average molecular weight is 287 g/mol. The van der Waals surface area contributed by atoms with Crippen LogP contribution in [0.2, 0.25) is 0 Å². The Bertz CT molecular complexity index is 542. The molecule has 1 aromatic rings. The first-order valence-corrected chi connectivity index (χ1v) is 5.94. The molecule has 2 atom stereocenters. The highest BCUT2D eigenvalue weighted by atomic mass is 19.4. The van der Waals surface area contributed by atoms with E-state index in [0.29, 0.717) is 17.5 Å². The number of amides is 1. The highest BCUT2D eigenvalue weighted by Crippen LogP contribution is 2.36. The Labute approximate surface area is 112 Å². The summed E-state index contributed by atoms with van der Waals surface area (Å²) in [5.74, 6) is -3.52. The minimum absolute atomic E-state index is 0.0336. The third-order valence-electron chi connectivity index (χ3n) is 3.25. The van der Waals surface area contributed by atoms with Crippen LogP contribution in [-0.4, -0.2) is 18.1 Å². The van der Waals surface area contributed by atoms with Gasteiger partial charge in [0.05, 0.1) is 0 Å². The van der Waals surface area contributed by atoms with Crippen molar-refractivity contribution in [3.63, 3.8) is 0 Å². The number of carbonyl (C=O) groups excluding carboxylic acids is 2. The van der Waals surface area contributed by atoms with Gasteiger partial charge in [-0.05, 0) is 17.5 Å². The number of benzene rings is 1. The van der Waals surface area contributed by atoms with Gasteiger partial charge in [0.2, 0.25) is 5.91 Å². The molecule has 0 spiro atoms. The van der Waals surface area contributed by atoms with E-state index in [1.807, 2.05) is 0 Å². The van der Waals surface area contributed by atoms with Crippen molar-refractivity contribution in [2.45, 2.75) is 25.1 Å². The largest absolute Gasteiger partial charge is 0.490 e. The molecule has 0 bridgehead atoms. The number of primary amides is 1. The van der Waals surface area contributed by atoms with Crippen LogP contribution in [0.25, 0.3) is 0 Å². The first kappa shape index (κ1) is 14.4. The highest BCUT2D eigenvalue weighted by molar-refractivity contribution is 5.78. The molecule has 0 radical (unpaired) electrons. The molecule has 0 heterocycles. The van der Waals surface area contributed by atoms with Gasteiger partial charge in [-0.25, -0.2) is 4.79 Å². The molecule has 2 N–H and O–H groups in total. The fourth-order valence-electron chi connectivity index (χ4n) is 2.29. The summed E-state index contributed by atoms with van der Waals surface area (Å²) < 4.78 is 41.3. The first-order chi connectivity index (χ1) is 9.29. The summed E-state index contributed by atoms with van der Waals surface area (Å²) in [4.78, 5) is 22.2. The minimum atomic E-state index is -5.06. The number of esters is 1. The highest BCUT2D eigenvalue weighted by Gasteiger charge is 2.44. The molecule has 0 saturated carbocycles. The summed E-state index contributed by atoms with van der Waals surface area (Å²) in [5.41, 5.74) is 6.36. The van der Waals surface area contributed by atoms with Crippen LogP contribution >= 0.6 is 0 Å². The van der Waals surface area contributed by atoms with Crippen molar-refractivity contribution in [1.29, 1.82) is 0 Å². The molecule has 4 nitrogen and oxygen atoms in total. The van der Waals surface area contributed by atoms with Gasteiger partial charge in [-0.3, -0.25) is 4.79 Å². The lowest BCUT2D eigenvalue weighted by molar-refractivity contribution is -0.206. The molecule has 1 aromatic carbocycles. The van der Waals surface area contributed by atoms with Crippen LogP contribution in [0.5, 0.6) is 0 Å². The summed E-state index contributed by atoms with van der Waals surface area (Å²) in [6, 6.07) is 6.60. The average Bonchev–Trinajstić information content (AvgIpc) is 2.37. The lowest BCUT2D eigenvalue weighted by atomic mass is 9.81. The third kappa shape index (κ3) is 2.92.